The highest BCUT2D eigenvalue weighted by atomic mass is 16.1. The van der Waals surface area contributed by atoms with Gasteiger partial charge >= 0.3 is 0 Å². The lowest BCUT2D eigenvalue weighted by molar-refractivity contribution is 0.242. The van der Waals surface area contributed by atoms with Crippen LogP contribution < -0.4 is 5.56 Å². The number of hydrogen-bond donors (Lipinski definition) is 2. The number of para-hydroxylation sites is 1. The van der Waals surface area contributed by atoms with Crippen molar-refractivity contribution in [2.75, 3.05) is 6.54 Å². The predicted molar refractivity (Wildman–Crippen MR) is 104 cm³/mol. The van der Waals surface area contributed by atoms with E-state index in [1.807, 2.05) is 18.2 Å². The molecular weight excluding hydrogens is 338 g/mol. The molecule has 0 unspecified atom stereocenters. The first-order chi connectivity index (χ1) is 13.3. The van der Waals surface area contributed by atoms with Crippen LogP contribution in [-0.2, 0) is 19.5 Å². The molecule has 0 spiro atoms. The molecule has 4 aromatic rings. The maximum atomic E-state index is 12.7. The molecule has 27 heavy (non-hydrogen) atoms. The Morgan fingerprint density at radius 2 is 1.96 bits per heavy atom. The zero-order chi connectivity index (χ0) is 18.2. The number of pyridine rings is 1. The van der Waals surface area contributed by atoms with Crippen LogP contribution in [0.4, 0.5) is 0 Å². The van der Waals surface area contributed by atoms with Gasteiger partial charge in [0.1, 0.15) is 5.82 Å². The van der Waals surface area contributed by atoms with Crippen LogP contribution in [0.3, 0.4) is 0 Å². The fourth-order valence-corrected chi connectivity index (χ4v) is 3.77. The summed E-state index contributed by atoms with van der Waals surface area (Å²) in [7, 11) is 0. The molecule has 1 aromatic carbocycles. The second kappa shape index (κ2) is 6.48. The lowest BCUT2D eigenvalue weighted by Crippen LogP contribution is -2.35. The van der Waals surface area contributed by atoms with Gasteiger partial charge in [0, 0.05) is 61.1 Å². The van der Waals surface area contributed by atoms with Gasteiger partial charge in [0.15, 0.2) is 0 Å². The summed E-state index contributed by atoms with van der Waals surface area (Å²) < 4.78 is 0. The highest BCUT2D eigenvalue weighted by molar-refractivity contribution is 5.82. The molecule has 0 fully saturated rings. The van der Waals surface area contributed by atoms with Crippen LogP contribution in [0.2, 0.25) is 0 Å². The molecule has 134 valence electrons. The number of nitrogens with one attached hydrogen (secondary N) is 2. The monoisotopic (exact) mass is 357 g/mol. The van der Waals surface area contributed by atoms with E-state index < -0.39 is 0 Å². The van der Waals surface area contributed by atoms with Gasteiger partial charge in [0.2, 0.25) is 0 Å². The van der Waals surface area contributed by atoms with Crippen molar-refractivity contribution >= 4 is 10.9 Å². The molecule has 0 bridgehead atoms. The molecule has 0 radical (unpaired) electrons. The molecule has 0 atom stereocenters. The summed E-state index contributed by atoms with van der Waals surface area (Å²) in [6, 6.07) is 12.0. The van der Waals surface area contributed by atoms with Gasteiger partial charge in [-0.2, -0.15) is 0 Å². The number of H-pyrrole nitrogens is 2. The van der Waals surface area contributed by atoms with Gasteiger partial charge in [-0.15, -0.1) is 0 Å². The Balaban J connectivity index is 1.42. The summed E-state index contributed by atoms with van der Waals surface area (Å²) in [6.07, 6.45) is 6.25. The van der Waals surface area contributed by atoms with Crippen LogP contribution in [0.15, 0.2) is 59.8 Å². The number of fused-ring (bicyclic) bond motifs is 2. The van der Waals surface area contributed by atoms with Gasteiger partial charge in [0.05, 0.1) is 11.3 Å². The molecule has 0 amide bonds. The molecule has 3 aromatic heterocycles. The molecule has 0 saturated heterocycles. The molecule has 6 nitrogen and oxygen atoms in total. The summed E-state index contributed by atoms with van der Waals surface area (Å²) >= 11 is 0. The Hall–Kier alpha value is -3.25. The second-order valence-electron chi connectivity index (χ2n) is 6.90. The minimum Gasteiger partial charge on any atom is -0.361 e. The van der Waals surface area contributed by atoms with E-state index in [0.29, 0.717) is 12.4 Å². The zero-order valence-electron chi connectivity index (χ0n) is 14.8. The first-order valence-corrected chi connectivity index (χ1v) is 9.08. The Labute approximate surface area is 155 Å². The van der Waals surface area contributed by atoms with E-state index in [0.717, 1.165) is 41.8 Å². The molecule has 1 aliphatic heterocycles. The van der Waals surface area contributed by atoms with Crippen LogP contribution >= 0.6 is 0 Å². The standard InChI is InChI=1S/C21H19N5O/c27-21-17-13-26(12-15-11-23-18-4-2-1-3-16(15)18)10-7-19(17)24-20(25-21)14-5-8-22-9-6-14/h1-6,8-9,11,23H,7,10,12-13H2,(H,24,25,27). The quantitative estimate of drug-likeness (QED) is 0.591. The van der Waals surface area contributed by atoms with E-state index in [4.69, 9.17) is 4.98 Å². The first kappa shape index (κ1) is 16.0. The second-order valence-corrected chi connectivity index (χ2v) is 6.90. The fraction of sp³-hybridized carbons (Fsp3) is 0.190. The lowest BCUT2D eigenvalue weighted by Gasteiger charge is -2.27. The predicted octanol–water partition coefficient (Wildman–Crippen LogP) is 2.87. The lowest BCUT2D eigenvalue weighted by atomic mass is 10.1. The van der Waals surface area contributed by atoms with E-state index in [1.165, 1.54) is 10.9 Å². The summed E-state index contributed by atoms with van der Waals surface area (Å²) in [5, 5.41) is 1.24. The average molecular weight is 357 g/mol. The molecule has 5 rings (SSSR count). The van der Waals surface area contributed by atoms with Crippen molar-refractivity contribution in [3.05, 3.63) is 82.2 Å². The molecule has 6 heteroatoms. The smallest absolute Gasteiger partial charge is 0.255 e. The average Bonchev–Trinajstić information content (AvgIpc) is 3.12. The molecule has 4 heterocycles. The van der Waals surface area contributed by atoms with E-state index in [9.17, 15) is 4.79 Å². The van der Waals surface area contributed by atoms with Crippen molar-refractivity contribution in [1.82, 2.24) is 24.8 Å². The van der Waals surface area contributed by atoms with Gasteiger partial charge in [-0.1, -0.05) is 18.2 Å². The SMILES string of the molecule is O=c1[nH]c(-c2ccncc2)nc2c1CN(Cc1c[nH]c3ccccc13)CC2. The Bertz CT molecular complexity index is 1160. The number of nitrogens with zero attached hydrogens (tertiary/aromatic N) is 3. The third-order valence-corrected chi connectivity index (χ3v) is 5.17. The number of rotatable bonds is 3. The van der Waals surface area contributed by atoms with Crippen molar-refractivity contribution in [3.63, 3.8) is 0 Å². The topological polar surface area (TPSA) is 77.7 Å². The highest BCUT2D eigenvalue weighted by Crippen LogP contribution is 2.23. The van der Waals surface area contributed by atoms with E-state index in [2.05, 4.69) is 44.2 Å². The maximum absolute atomic E-state index is 12.7. The van der Waals surface area contributed by atoms with E-state index >= 15 is 0 Å². The van der Waals surface area contributed by atoms with Crippen molar-refractivity contribution in [2.45, 2.75) is 19.5 Å². The third kappa shape index (κ3) is 2.94. The van der Waals surface area contributed by atoms with Crippen LogP contribution in [-0.4, -0.2) is 31.4 Å². The Kier molecular flexibility index (Phi) is 3.83. The van der Waals surface area contributed by atoms with Gasteiger partial charge in [-0.25, -0.2) is 4.98 Å². The summed E-state index contributed by atoms with van der Waals surface area (Å²) in [4.78, 5) is 30.0. The first-order valence-electron chi connectivity index (χ1n) is 9.08. The van der Waals surface area contributed by atoms with Crippen molar-refractivity contribution in [1.29, 1.82) is 0 Å². The largest absolute Gasteiger partial charge is 0.361 e. The third-order valence-electron chi connectivity index (χ3n) is 5.17. The molecule has 2 N–H and O–H groups in total. The van der Waals surface area contributed by atoms with Crippen LogP contribution in [0, 0.1) is 0 Å². The summed E-state index contributed by atoms with van der Waals surface area (Å²) in [6.45, 7) is 2.32. The molecular formula is C21H19N5O. The number of aromatic amines is 2. The van der Waals surface area contributed by atoms with Gasteiger partial charge < -0.3 is 9.97 Å². The Morgan fingerprint density at radius 3 is 2.85 bits per heavy atom. The van der Waals surface area contributed by atoms with Gasteiger partial charge in [-0.3, -0.25) is 14.7 Å². The molecule has 0 aliphatic carbocycles. The highest BCUT2D eigenvalue weighted by Gasteiger charge is 2.22. The zero-order valence-corrected chi connectivity index (χ0v) is 14.8. The normalized spacial score (nSPS) is 14.4. The van der Waals surface area contributed by atoms with Crippen LogP contribution in [0.1, 0.15) is 16.8 Å². The molecule has 1 aliphatic rings. The van der Waals surface area contributed by atoms with Crippen LogP contribution in [0.25, 0.3) is 22.3 Å². The van der Waals surface area contributed by atoms with Crippen molar-refractivity contribution in [2.24, 2.45) is 0 Å². The van der Waals surface area contributed by atoms with Crippen LogP contribution in [0.5, 0.6) is 0 Å². The van der Waals surface area contributed by atoms with E-state index in [-0.39, 0.29) is 5.56 Å². The minimum atomic E-state index is -0.0459. The Morgan fingerprint density at radius 1 is 1.11 bits per heavy atom. The van der Waals surface area contributed by atoms with E-state index in [1.54, 1.807) is 12.4 Å². The molecule has 0 saturated carbocycles. The maximum Gasteiger partial charge on any atom is 0.255 e. The van der Waals surface area contributed by atoms with Gasteiger partial charge in [0.25, 0.3) is 5.56 Å². The van der Waals surface area contributed by atoms with Crippen molar-refractivity contribution in [3.8, 4) is 11.4 Å². The number of hydrogen-bond acceptors (Lipinski definition) is 4. The van der Waals surface area contributed by atoms with Crippen molar-refractivity contribution < 1.29 is 0 Å². The summed E-state index contributed by atoms with van der Waals surface area (Å²) in [5.41, 5.74) is 4.92. The number of benzene rings is 1. The minimum absolute atomic E-state index is 0.0459. The number of aromatic nitrogens is 4. The fourth-order valence-electron chi connectivity index (χ4n) is 3.77. The van der Waals surface area contributed by atoms with Gasteiger partial charge in [-0.05, 0) is 23.8 Å². The summed E-state index contributed by atoms with van der Waals surface area (Å²) in [5.74, 6) is 0.617.